The number of aliphatic hydroxyl groups is 1. The quantitative estimate of drug-likeness (QED) is 0.341. The van der Waals surface area contributed by atoms with E-state index in [9.17, 15) is 34.2 Å². The molecule has 0 bridgehead atoms. The van der Waals surface area contributed by atoms with Gasteiger partial charge in [-0.2, -0.15) is 5.06 Å². The number of primary amides is 1. The molecule has 3 aliphatic carbocycles. The van der Waals surface area contributed by atoms with E-state index in [1.807, 2.05) is 0 Å². The standard InChI is InChI=1S/C24H29N3O8/c1-26(2)17-13-8-12-7-10-5-6-11(9-27(3)35-4)18(28)14(10)19(29)15(12)21(31)24(13,34)22(32)16(20(17)30)23(25)33/h5-6,12-13,15-17,28,34H,7-9H2,1-4H3,(H2,25,33)/t12-,13-,15?,16?,17-,24-/m0/s1. The van der Waals surface area contributed by atoms with E-state index in [0.29, 0.717) is 11.1 Å². The van der Waals surface area contributed by atoms with Gasteiger partial charge >= 0.3 is 0 Å². The van der Waals surface area contributed by atoms with Crippen molar-refractivity contribution in [1.29, 1.82) is 0 Å². The maximum Gasteiger partial charge on any atom is 0.235 e. The highest BCUT2D eigenvalue weighted by molar-refractivity contribution is 6.32. The van der Waals surface area contributed by atoms with Crippen molar-refractivity contribution < 1.29 is 39.0 Å². The summed E-state index contributed by atoms with van der Waals surface area (Å²) in [6.45, 7) is 0.169. The third-order valence-corrected chi connectivity index (χ3v) is 7.72. The van der Waals surface area contributed by atoms with Crippen molar-refractivity contribution in [3.05, 3.63) is 28.8 Å². The molecule has 0 aliphatic heterocycles. The van der Waals surface area contributed by atoms with Gasteiger partial charge in [0.15, 0.2) is 34.7 Å². The minimum Gasteiger partial charge on any atom is -0.507 e. The van der Waals surface area contributed by atoms with E-state index in [1.54, 1.807) is 33.3 Å². The average molecular weight is 488 g/mol. The molecule has 0 saturated heterocycles. The number of benzene rings is 1. The molecule has 11 nitrogen and oxygen atoms in total. The molecule has 4 N–H and O–H groups in total. The topological polar surface area (TPSA) is 168 Å². The second-order valence-electron chi connectivity index (χ2n) is 9.87. The number of nitrogens with zero attached hydrogens (tertiary/aromatic N) is 2. The van der Waals surface area contributed by atoms with Gasteiger partial charge in [-0.25, -0.2) is 0 Å². The van der Waals surface area contributed by atoms with Crippen molar-refractivity contribution in [3.63, 3.8) is 0 Å². The third-order valence-electron chi connectivity index (χ3n) is 7.72. The van der Waals surface area contributed by atoms with Gasteiger partial charge in [-0.3, -0.25) is 28.9 Å². The lowest BCUT2D eigenvalue weighted by molar-refractivity contribution is -0.181. The zero-order valence-electron chi connectivity index (χ0n) is 20.0. The number of likely N-dealkylation sites (N-methyl/N-ethyl adjacent to an activating group) is 1. The minimum absolute atomic E-state index is 0.0266. The van der Waals surface area contributed by atoms with Crippen LogP contribution in [0.25, 0.3) is 0 Å². The Morgan fingerprint density at radius 2 is 1.83 bits per heavy atom. The molecule has 1 aromatic rings. The molecule has 1 aromatic carbocycles. The second-order valence-corrected chi connectivity index (χ2v) is 9.87. The van der Waals surface area contributed by atoms with Gasteiger partial charge in [0, 0.05) is 18.5 Å². The fourth-order valence-electron chi connectivity index (χ4n) is 6.06. The number of carbonyl (C=O) groups excluding carboxylic acids is 5. The third kappa shape index (κ3) is 3.53. The van der Waals surface area contributed by atoms with Crippen LogP contribution >= 0.6 is 0 Å². The molecule has 1 amide bonds. The van der Waals surface area contributed by atoms with Crippen LogP contribution in [0.15, 0.2) is 12.1 Å². The molecular formula is C24H29N3O8. The van der Waals surface area contributed by atoms with Crippen LogP contribution in [0.3, 0.4) is 0 Å². The van der Waals surface area contributed by atoms with Crippen molar-refractivity contribution >= 4 is 29.0 Å². The molecule has 2 saturated carbocycles. The first-order valence-corrected chi connectivity index (χ1v) is 11.3. The molecule has 188 valence electrons. The van der Waals surface area contributed by atoms with Gasteiger partial charge in [-0.15, -0.1) is 0 Å². The van der Waals surface area contributed by atoms with Crippen molar-refractivity contribution in [3.8, 4) is 5.75 Å². The number of hydroxylamine groups is 2. The van der Waals surface area contributed by atoms with Gasteiger partial charge in [0.1, 0.15) is 5.75 Å². The van der Waals surface area contributed by atoms with E-state index in [2.05, 4.69) is 0 Å². The van der Waals surface area contributed by atoms with E-state index >= 15 is 0 Å². The van der Waals surface area contributed by atoms with E-state index in [-0.39, 0.29) is 30.7 Å². The van der Waals surface area contributed by atoms with Crippen LogP contribution in [-0.2, 0) is 37.0 Å². The molecule has 0 aromatic heterocycles. The number of phenolic OH excluding ortho intramolecular Hbond substituents is 1. The highest BCUT2D eigenvalue weighted by atomic mass is 16.7. The van der Waals surface area contributed by atoms with Crippen molar-refractivity contribution in [2.75, 3.05) is 28.3 Å². The SMILES string of the molecule is CON(C)Cc1ccc2c(c1O)C(=O)C1C(=O)[C@]3(O)C(=O)C(C(N)=O)C(=O)[C@@H](N(C)C)[C@@H]3C[C@@H]1C2. The highest BCUT2D eigenvalue weighted by Crippen LogP contribution is 2.50. The van der Waals surface area contributed by atoms with Gasteiger partial charge < -0.3 is 20.8 Å². The van der Waals surface area contributed by atoms with Crippen LogP contribution in [-0.4, -0.2) is 89.1 Å². The average Bonchev–Trinajstić information content (AvgIpc) is 2.77. The number of hydrogen-bond donors (Lipinski definition) is 3. The monoisotopic (exact) mass is 487 g/mol. The highest BCUT2D eigenvalue weighted by Gasteiger charge is 2.69. The number of ketones is 4. The second kappa shape index (κ2) is 8.59. The Labute approximate surface area is 201 Å². The first-order chi connectivity index (χ1) is 16.4. The summed E-state index contributed by atoms with van der Waals surface area (Å²) in [6.07, 6.45) is 0.263. The first-order valence-electron chi connectivity index (χ1n) is 11.3. The van der Waals surface area contributed by atoms with Gasteiger partial charge in [0.05, 0.1) is 31.2 Å². The molecule has 3 aliphatic rings. The van der Waals surface area contributed by atoms with Crippen molar-refractivity contribution in [2.45, 2.75) is 31.0 Å². The largest absolute Gasteiger partial charge is 0.507 e. The number of hydrogen-bond acceptors (Lipinski definition) is 10. The van der Waals surface area contributed by atoms with Crippen LogP contribution in [0.1, 0.15) is 27.9 Å². The Morgan fingerprint density at radius 1 is 1.17 bits per heavy atom. The van der Waals surface area contributed by atoms with Crippen LogP contribution in [0.4, 0.5) is 0 Å². The number of aromatic hydroxyl groups is 1. The zero-order chi connectivity index (χ0) is 26.0. The van der Waals surface area contributed by atoms with Gasteiger partial charge in [0.25, 0.3) is 0 Å². The predicted molar refractivity (Wildman–Crippen MR) is 120 cm³/mol. The predicted octanol–water partition coefficient (Wildman–Crippen LogP) is -1.14. The molecule has 0 radical (unpaired) electrons. The van der Waals surface area contributed by atoms with Crippen molar-refractivity contribution in [2.24, 2.45) is 29.4 Å². The van der Waals surface area contributed by atoms with Crippen LogP contribution < -0.4 is 5.73 Å². The van der Waals surface area contributed by atoms with Gasteiger partial charge in [-0.1, -0.05) is 12.1 Å². The number of rotatable bonds is 5. The summed E-state index contributed by atoms with van der Waals surface area (Å²) in [7, 11) is 6.19. The lowest BCUT2D eigenvalue weighted by atomic mass is 9.52. The maximum absolute atomic E-state index is 13.7. The van der Waals surface area contributed by atoms with Crippen LogP contribution in [0.5, 0.6) is 5.75 Å². The minimum atomic E-state index is -2.72. The maximum atomic E-state index is 13.7. The van der Waals surface area contributed by atoms with Gasteiger partial charge in [-0.05, 0) is 38.4 Å². The number of Topliss-reactive ketones (excluding diaryl/α,β-unsaturated/α-hetero) is 4. The molecule has 35 heavy (non-hydrogen) atoms. The Hall–Kier alpha value is -2.99. The first kappa shape index (κ1) is 25.1. The summed E-state index contributed by atoms with van der Waals surface area (Å²) in [4.78, 5) is 72.1. The number of amides is 1. The summed E-state index contributed by atoms with van der Waals surface area (Å²) in [6, 6.07) is 2.26. The molecule has 2 unspecified atom stereocenters. The summed E-state index contributed by atoms with van der Waals surface area (Å²) in [5, 5.41) is 23.9. The number of fused-ring (bicyclic) bond motifs is 3. The normalized spacial score (nSPS) is 32.5. The molecule has 6 atom stereocenters. The number of carbonyl (C=O) groups is 5. The van der Waals surface area contributed by atoms with E-state index in [4.69, 9.17) is 10.6 Å². The Balaban J connectivity index is 1.81. The molecule has 0 spiro atoms. The molecular weight excluding hydrogens is 458 g/mol. The summed E-state index contributed by atoms with van der Waals surface area (Å²) >= 11 is 0. The lowest BCUT2D eigenvalue weighted by Gasteiger charge is -2.52. The Bertz CT molecular complexity index is 1150. The van der Waals surface area contributed by atoms with Crippen LogP contribution in [0, 0.1) is 23.7 Å². The lowest BCUT2D eigenvalue weighted by Crippen LogP contribution is -2.74. The Kier molecular flexibility index (Phi) is 6.17. The molecule has 11 heteroatoms. The van der Waals surface area contributed by atoms with E-state index in [0.717, 1.165) is 0 Å². The molecule has 4 rings (SSSR count). The van der Waals surface area contributed by atoms with Crippen LogP contribution in [0.2, 0.25) is 0 Å². The summed E-state index contributed by atoms with van der Waals surface area (Å²) in [5.41, 5.74) is 3.51. The summed E-state index contributed by atoms with van der Waals surface area (Å²) < 4.78 is 0. The fourth-order valence-corrected chi connectivity index (χ4v) is 6.06. The molecule has 2 fully saturated rings. The number of nitrogens with two attached hydrogens (primary N) is 1. The smallest absolute Gasteiger partial charge is 0.235 e. The van der Waals surface area contributed by atoms with Crippen molar-refractivity contribution in [1.82, 2.24) is 9.96 Å². The number of phenols is 1. The molecule has 0 heterocycles. The summed E-state index contributed by atoms with van der Waals surface area (Å²) in [5.74, 6) is -10.5. The fraction of sp³-hybridized carbons (Fsp3) is 0.542. The van der Waals surface area contributed by atoms with Gasteiger partial charge in [0.2, 0.25) is 5.91 Å². The Morgan fingerprint density at radius 3 is 2.40 bits per heavy atom. The zero-order valence-corrected chi connectivity index (χ0v) is 20.0. The van der Waals surface area contributed by atoms with E-state index in [1.165, 1.54) is 17.1 Å². The van der Waals surface area contributed by atoms with E-state index < -0.39 is 64.4 Å².